The summed E-state index contributed by atoms with van der Waals surface area (Å²) in [4.78, 5) is 15.0. The van der Waals surface area contributed by atoms with Crippen molar-refractivity contribution < 1.29 is 4.74 Å². The first-order chi connectivity index (χ1) is 12.0. The standard InChI is InChI=1S/C20H27N3O2/c1-12-8-14(21)11-22(9-12)17-7-6-16-18(20(17)25-3)23(15-4-5-15)10-13(2)19(16)24/h6-7,10,12,14-15H,4-5,8-9,11,21H2,1-3H3. The molecule has 25 heavy (non-hydrogen) atoms. The first-order valence-electron chi connectivity index (χ1n) is 9.22. The molecule has 134 valence electrons. The van der Waals surface area contributed by atoms with Crippen LogP contribution in [0, 0.1) is 12.8 Å². The normalized spacial score (nSPS) is 23.9. The van der Waals surface area contributed by atoms with E-state index in [1.807, 2.05) is 25.3 Å². The average Bonchev–Trinajstić information content (AvgIpc) is 3.41. The zero-order valence-corrected chi connectivity index (χ0v) is 15.3. The molecule has 4 rings (SSSR count). The maximum Gasteiger partial charge on any atom is 0.192 e. The summed E-state index contributed by atoms with van der Waals surface area (Å²) in [5.74, 6) is 1.36. The Kier molecular flexibility index (Phi) is 3.99. The summed E-state index contributed by atoms with van der Waals surface area (Å²) in [6.07, 6.45) is 5.38. The third kappa shape index (κ3) is 2.80. The van der Waals surface area contributed by atoms with Crippen LogP contribution in [0.15, 0.2) is 23.1 Å². The van der Waals surface area contributed by atoms with E-state index in [4.69, 9.17) is 10.5 Å². The summed E-state index contributed by atoms with van der Waals surface area (Å²) in [6, 6.07) is 4.65. The number of benzene rings is 1. The van der Waals surface area contributed by atoms with E-state index in [0.29, 0.717) is 12.0 Å². The van der Waals surface area contributed by atoms with Crippen LogP contribution in [0.25, 0.3) is 10.9 Å². The molecule has 5 heteroatoms. The Morgan fingerprint density at radius 2 is 2.00 bits per heavy atom. The van der Waals surface area contributed by atoms with Crippen LogP contribution in [0.3, 0.4) is 0 Å². The number of piperidine rings is 1. The van der Waals surface area contributed by atoms with Crippen molar-refractivity contribution in [1.29, 1.82) is 0 Å². The number of pyridine rings is 1. The summed E-state index contributed by atoms with van der Waals surface area (Å²) in [7, 11) is 1.70. The van der Waals surface area contributed by atoms with Crippen LogP contribution in [0.1, 0.15) is 37.8 Å². The summed E-state index contributed by atoms with van der Waals surface area (Å²) >= 11 is 0. The Labute approximate surface area is 148 Å². The molecule has 1 aromatic carbocycles. The zero-order valence-electron chi connectivity index (χ0n) is 15.3. The number of hydrogen-bond donors (Lipinski definition) is 1. The van der Waals surface area contributed by atoms with Crippen molar-refractivity contribution in [3.63, 3.8) is 0 Å². The highest BCUT2D eigenvalue weighted by atomic mass is 16.5. The topological polar surface area (TPSA) is 60.5 Å². The molecular formula is C20H27N3O2. The molecule has 0 radical (unpaired) electrons. The molecule has 1 aliphatic carbocycles. The first-order valence-corrected chi connectivity index (χ1v) is 9.22. The van der Waals surface area contributed by atoms with Crippen LogP contribution < -0.4 is 20.8 Å². The Bertz CT molecular complexity index is 859. The van der Waals surface area contributed by atoms with E-state index in [-0.39, 0.29) is 11.5 Å². The van der Waals surface area contributed by atoms with Crippen molar-refractivity contribution in [3.05, 3.63) is 34.1 Å². The number of fused-ring (bicyclic) bond motifs is 1. The minimum Gasteiger partial charge on any atom is -0.492 e. The van der Waals surface area contributed by atoms with Gasteiger partial charge in [-0.2, -0.15) is 0 Å². The highest BCUT2D eigenvalue weighted by Gasteiger charge is 2.29. The highest BCUT2D eigenvalue weighted by Crippen LogP contribution is 2.42. The number of methoxy groups -OCH3 is 1. The minimum absolute atomic E-state index is 0.0977. The van der Waals surface area contributed by atoms with Gasteiger partial charge in [0.1, 0.15) is 0 Å². The predicted molar refractivity (Wildman–Crippen MR) is 102 cm³/mol. The van der Waals surface area contributed by atoms with Gasteiger partial charge in [0, 0.05) is 42.3 Å². The van der Waals surface area contributed by atoms with Gasteiger partial charge >= 0.3 is 0 Å². The van der Waals surface area contributed by atoms with Crippen LogP contribution in [0.4, 0.5) is 5.69 Å². The fourth-order valence-corrected chi connectivity index (χ4v) is 4.23. The smallest absolute Gasteiger partial charge is 0.192 e. The number of nitrogens with two attached hydrogens (primary N) is 1. The second-order valence-electron chi connectivity index (χ2n) is 7.80. The van der Waals surface area contributed by atoms with Gasteiger partial charge in [-0.25, -0.2) is 0 Å². The summed E-state index contributed by atoms with van der Waals surface area (Å²) in [6.45, 7) is 5.93. The van der Waals surface area contributed by atoms with Gasteiger partial charge in [-0.1, -0.05) is 6.92 Å². The van der Waals surface area contributed by atoms with Crippen molar-refractivity contribution in [3.8, 4) is 5.75 Å². The van der Waals surface area contributed by atoms with Crippen LogP contribution in [-0.4, -0.2) is 30.8 Å². The van der Waals surface area contributed by atoms with Crippen LogP contribution in [0.5, 0.6) is 5.75 Å². The van der Waals surface area contributed by atoms with E-state index < -0.39 is 0 Å². The molecule has 1 saturated heterocycles. The lowest BCUT2D eigenvalue weighted by atomic mass is 9.95. The van der Waals surface area contributed by atoms with Gasteiger partial charge < -0.3 is 19.9 Å². The number of nitrogens with zero attached hydrogens (tertiary/aromatic N) is 2. The molecule has 0 amide bonds. The van der Waals surface area contributed by atoms with Crippen molar-refractivity contribution >= 4 is 16.6 Å². The van der Waals surface area contributed by atoms with Gasteiger partial charge in [0.15, 0.2) is 11.2 Å². The van der Waals surface area contributed by atoms with Crippen molar-refractivity contribution in [1.82, 2.24) is 4.57 Å². The van der Waals surface area contributed by atoms with Gasteiger partial charge in [0.2, 0.25) is 0 Å². The quantitative estimate of drug-likeness (QED) is 0.932. The molecule has 0 bridgehead atoms. The van der Waals surface area contributed by atoms with E-state index in [1.165, 1.54) is 0 Å². The van der Waals surface area contributed by atoms with Gasteiger partial charge in [0.05, 0.1) is 18.3 Å². The maximum absolute atomic E-state index is 12.7. The summed E-state index contributed by atoms with van der Waals surface area (Å²) < 4.78 is 8.11. The van der Waals surface area contributed by atoms with E-state index in [9.17, 15) is 4.79 Å². The Morgan fingerprint density at radius 1 is 1.24 bits per heavy atom. The van der Waals surface area contributed by atoms with E-state index in [0.717, 1.165) is 60.3 Å². The van der Waals surface area contributed by atoms with E-state index in [2.05, 4.69) is 16.4 Å². The van der Waals surface area contributed by atoms with Crippen molar-refractivity contribution in [2.45, 2.75) is 45.2 Å². The molecule has 2 unspecified atom stereocenters. The molecular weight excluding hydrogens is 314 g/mol. The zero-order chi connectivity index (χ0) is 17.7. The lowest BCUT2D eigenvalue weighted by molar-refractivity contribution is 0.388. The molecule has 2 fully saturated rings. The van der Waals surface area contributed by atoms with E-state index in [1.54, 1.807) is 7.11 Å². The van der Waals surface area contributed by atoms with Gasteiger partial charge in [0.25, 0.3) is 0 Å². The highest BCUT2D eigenvalue weighted by molar-refractivity contribution is 5.91. The maximum atomic E-state index is 12.7. The van der Waals surface area contributed by atoms with Crippen molar-refractivity contribution in [2.75, 3.05) is 25.1 Å². The molecule has 2 atom stereocenters. The molecule has 2 N–H and O–H groups in total. The summed E-state index contributed by atoms with van der Waals surface area (Å²) in [5.41, 5.74) is 9.13. The minimum atomic E-state index is 0.0977. The predicted octanol–water partition coefficient (Wildman–Crippen LogP) is 2.83. The molecule has 1 saturated carbocycles. The van der Waals surface area contributed by atoms with Gasteiger partial charge in [-0.3, -0.25) is 4.79 Å². The molecule has 2 aliphatic rings. The molecule has 1 aromatic heterocycles. The number of hydrogen-bond acceptors (Lipinski definition) is 4. The number of ether oxygens (including phenoxy) is 1. The molecule has 2 aromatic rings. The average molecular weight is 341 g/mol. The fourth-order valence-electron chi connectivity index (χ4n) is 4.23. The van der Waals surface area contributed by atoms with Crippen LogP contribution in [-0.2, 0) is 0 Å². The van der Waals surface area contributed by atoms with Crippen LogP contribution >= 0.6 is 0 Å². The SMILES string of the molecule is COc1c(N2CC(C)CC(N)C2)ccc2c(=O)c(C)cn(C3CC3)c12. The molecule has 0 spiro atoms. The third-order valence-electron chi connectivity index (χ3n) is 5.48. The molecule has 1 aliphatic heterocycles. The number of anilines is 1. The fraction of sp³-hybridized carbons (Fsp3) is 0.550. The molecule has 5 nitrogen and oxygen atoms in total. The second kappa shape index (κ2) is 6.06. The van der Waals surface area contributed by atoms with Gasteiger partial charge in [-0.15, -0.1) is 0 Å². The lowest BCUT2D eigenvalue weighted by Crippen LogP contribution is -2.46. The van der Waals surface area contributed by atoms with Crippen LogP contribution in [0.2, 0.25) is 0 Å². The largest absolute Gasteiger partial charge is 0.492 e. The number of aromatic nitrogens is 1. The second-order valence-corrected chi connectivity index (χ2v) is 7.80. The van der Waals surface area contributed by atoms with Crippen molar-refractivity contribution in [2.24, 2.45) is 11.7 Å². The van der Waals surface area contributed by atoms with Gasteiger partial charge in [-0.05, 0) is 44.2 Å². The lowest BCUT2D eigenvalue weighted by Gasteiger charge is -2.37. The monoisotopic (exact) mass is 341 g/mol. The Balaban J connectivity index is 1.93. The summed E-state index contributed by atoms with van der Waals surface area (Å²) in [5, 5.41) is 0.752. The Morgan fingerprint density at radius 3 is 2.64 bits per heavy atom. The number of aryl methyl sites for hydroxylation is 1. The molecule has 2 heterocycles. The number of rotatable bonds is 3. The Hall–Kier alpha value is -2.01. The third-order valence-corrected chi connectivity index (χ3v) is 5.48. The first kappa shape index (κ1) is 16.5. The van der Waals surface area contributed by atoms with E-state index >= 15 is 0 Å².